The first-order valence-electron chi connectivity index (χ1n) is 6.32. The zero-order valence-corrected chi connectivity index (χ0v) is 10.7. The van der Waals surface area contributed by atoms with E-state index >= 15 is 0 Å². The number of methoxy groups -OCH3 is 1. The number of ketones is 1. The van der Waals surface area contributed by atoms with Gasteiger partial charge >= 0.3 is 0 Å². The molecule has 0 aliphatic carbocycles. The summed E-state index contributed by atoms with van der Waals surface area (Å²) in [5.74, 6) is 0.219. The Labute approximate surface area is 108 Å². The third kappa shape index (κ3) is 3.17. The van der Waals surface area contributed by atoms with Gasteiger partial charge in [-0.25, -0.2) is 0 Å². The maximum Gasteiger partial charge on any atom is 0.162 e. The number of carbonyl (C=O) groups is 1. The third-order valence-electron chi connectivity index (χ3n) is 3.07. The van der Waals surface area contributed by atoms with Crippen LogP contribution in [0, 0.1) is 0 Å². The number of hydrogen-bond acceptors (Lipinski definition) is 2. The van der Waals surface area contributed by atoms with Crippen LogP contribution in [-0.2, 0) is 4.74 Å². The van der Waals surface area contributed by atoms with Crippen molar-refractivity contribution in [3.63, 3.8) is 0 Å². The molecular weight excluding hydrogens is 224 g/mol. The van der Waals surface area contributed by atoms with Gasteiger partial charge in [-0.05, 0) is 29.7 Å². The maximum absolute atomic E-state index is 12.0. The largest absolute Gasteiger partial charge is 0.385 e. The molecule has 0 N–H and O–H groups in total. The molecule has 2 nitrogen and oxygen atoms in total. The van der Waals surface area contributed by atoms with Crippen LogP contribution in [0.1, 0.15) is 29.6 Å². The Morgan fingerprint density at radius 1 is 1.06 bits per heavy atom. The zero-order chi connectivity index (χ0) is 12.8. The van der Waals surface area contributed by atoms with Crippen LogP contribution in [0.15, 0.2) is 42.5 Å². The predicted molar refractivity (Wildman–Crippen MR) is 74.0 cm³/mol. The van der Waals surface area contributed by atoms with Crippen molar-refractivity contribution in [3.05, 3.63) is 48.0 Å². The molecule has 2 aromatic carbocycles. The van der Waals surface area contributed by atoms with E-state index in [4.69, 9.17) is 4.74 Å². The lowest BCUT2D eigenvalue weighted by atomic mass is 10.0. The summed E-state index contributed by atoms with van der Waals surface area (Å²) >= 11 is 0. The zero-order valence-electron chi connectivity index (χ0n) is 10.7. The van der Waals surface area contributed by atoms with Crippen molar-refractivity contribution in [2.45, 2.75) is 19.3 Å². The van der Waals surface area contributed by atoms with Crippen LogP contribution >= 0.6 is 0 Å². The molecule has 0 amide bonds. The summed E-state index contributed by atoms with van der Waals surface area (Å²) in [4.78, 5) is 12.0. The minimum absolute atomic E-state index is 0.219. The van der Waals surface area contributed by atoms with Gasteiger partial charge in [-0.1, -0.05) is 36.4 Å². The van der Waals surface area contributed by atoms with Crippen LogP contribution in [-0.4, -0.2) is 19.5 Å². The number of Topliss-reactive ketones (excluding diaryl/α,β-unsaturated/α-hetero) is 1. The van der Waals surface area contributed by atoms with Gasteiger partial charge in [-0.2, -0.15) is 0 Å². The van der Waals surface area contributed by atoms with Gasteiger partial charge in [0, 0.05) is 25.7 Å². The minimum atomic E-state index is 0.219. The van der Waals surface area contributed by atoms with Crippen molar-refractivity contribution in [3.8, 4) is 0 Å². The lowest BCUT2D eigenvalue weighted by molar-refractivity contribution is 0.0975. The molecule has 2 rings (SSSR count). The maximum atomic E-state index is 12.0. The average molecular weight is 242 g/mol. The molecular formula is C16H18O2. The molecule has 94 valence electrons. The fourth-order valence-corrected chi connectivity index (χ4v) is 2.04. The van der Waals surface area contributed by atoms with Crippen LogP contribution in [0.25, 0.3) is 10.8 Å². The van der Waals surface area contributed by atoms with E-state index in [0.29, 0.717) is 6.42 Å². The SMILES string of the molecule is COCCCCC(=O)c1ccc2ccccc2c1. The highest BCUT2D eigenvalue weighted by molar-refractivity contribution is 5.99. The van der Waals surface area contributed by atoms with Gasteiger partial charge in [-0.3, -0.25) is 4.79 Å². The van der Waals surface area contributed by atoms with Gasteiger partial charge in [0.2, 0.25) is 0 Å². The lowest BCUT2D eigenvalue weighted by Gasteiger charge is -2.03. The lowest BCUT2D eigenvalue weighted by Crippen LogP contribution is -2.00. The molecule has 18 heavy (non-hydrogen) atoms. The highest BCUT2D eigenvalue weighted by Gasteiger charge is 2.06. The number of carbonyl (C=O) groups excluding carboxylic acids is 1. The van der Waals surface area contributed by atoms with Gasteiger partial charge in [0.05, 0.1) is 0 Å². The van der Waals surface area contributed by atoms with Crippen LogP contribution < -0.4 is 0 Å². The van der Waals surface area contributed by atoms with Gasteiger partial charge in [0.25, 0.3) is 0 Å². The Hall–Kier alpha value is -1.67. The summed E-state index contributed by atoms with van der Waals surface area (Å²) < 4.78 is 4.98. The normalized spacial score (nSPS) is 10.7. The highest BCUT2D eigenvalue weighted by Crippen LogP contribution is 2.17. The van der Waals surface area contributed by atoms with Crippen LogP contribution in [0.4, 0.5) is 0 Å². The molecule has 0 saturated carbocycles. The molecule has 0 bridgehead atoms. The van der Waals surface area contributed by atoms with Gasteiger partial charge in [-0.15, -0.1) is 0 Å². The molecule has 0 aliphatic rings. The van der Waals surface area contributed by atoms with Crippen molar-refractivity contribution in [1.29, 1.82) is 0 Å². The second-order valence-electron chi connectivity index (χ2n) is 4.44. The summed E-state index contributed by atoms with van der Waals surface area (Å²) in [6, 6.07) is 14.0. The number of rotatable bonds is 6. The Balaban J connectivity index is 2.04. The molecule has 0 heterocycles. The van der Waals surface area contributed by atoms with E-state index in [1.807, 2.05) is 36.4 Å². The molecule has 0 saturated heterocycles. The molecule has 0 aromatic heterocycles. The summed E-state index contributed by atoms with van der Waals surface area (Å²) in [6.07, 6.45) is 2.43. The number of ether oxygens (including phenoxy) is 1. The van der Waals surface area contributed by atoms with E-state index in [9.17, 15) is 4.79 Å². The van der Waals surface area contributed by atoms with Crippen molar-refractivity contribution >= 4 is 16.6 Å². The fraction of sp³-hybridized carbons (Fsp3) is 0.312. The van der Waals surface area contributed by atoms with Crippen molar-refractivity contribution < 1.29 is 9.53 Å². The summed E-state index contributed by atoms with van der Waals surface area (Å²) in [7, 11) is 1.69. The first-order valence-corrected chi connectivity index (χ1v) is 6.32. The van der Waals surface area contributed by atoms with Crippen LogP contribution in [0.5, 0.6) is 0 Å². The van der Waals surface area contributed by atoms with Gasteiger partial charge in [0.15, 0.2) is 5.78 Å². The quantitative estimate of drug-likeness (QED) is 0.568. The second kappa shape index (κ2) is 6.31. The second-order valence-corrected chi connectivity index (χ2v) is 4.44. The first kappa shape index (κ1) is 12.8. The fourth-order valence-electron chi connectivity index (χ4n) is 2.04. The summed E-state index contributed by atoms with van der Waals surface area (Å²) in [5.41, 5.74) is 0.811. The van der Waals surface area contributed by atoms with Crippen LogP contribution in [0.3, 0.4) is 0 Å². The topological polar surface area (TPSA) is 26.3 Å². The molecule has 2 heteroatoms. The van der Waals surface area contributed by atoms with Crippen molar-refractivity contribution in [1.82, 2.24) is 0 Å². The molecule has 0 unspecified atom stereocenters. The van der Waals surface area contributed by atoms with Gasteiger partial charge in [0.1, 0.15) is 0 Å². The average Bonchev–Trinajstić information content (AvgIpc) is 2.43. The number of fused-ring (bicyclic) bond motifs is 1. The Morgan fingerprint density at radius 3 is 2.61 bits per heavy atom. The first-order chi connectivity index (χ1) is 8.81. The minimum Gasteiger partial charge on any atom is -0.385 e. The Kier molecular flexibility index (Phi) is 4.48. The molecule has 0 radical (unpaired) electrons. The molecule has 0 spiro atoms. The van der Waals surface area contributed by atoms with E-state index < -0.39 is 0 Å². The highest BCUT2D eigenvalue weighted by atomic mass is 16.5. The Bertz CT molecular complexity index is 531. The molecule has 2 aromatic rings. The van der Waals surface area contributed by atoms with Crippen LogP contribution in [0.2, 0.25) is 0 Å². The van der Waals surface area contributed by atoms with Crippen molar-refractivity contribution in [2.75, 3.05) is 13.7 Å². The smallest absolute Gasteiger partial charge is 0.162 e. The standard InChI is InChI=1S/C16H18O2/c1-18-11-5-4-8-16(17)15-10-9-13-6-2-3-7-14(13)12-15/h2-3,6-7,9-10,12H,4-5,8,11H2,1H3. The third-order valence-corrected chi connectivity index (χ3v) is 3.07. The van der Waals surface area contributed by atoms with Gasteiger partial charge < -0.3 is 4.74 Å². The number of hydrogen-bond donors (Lipinski definition) is 0. The van der Waals surface area contributed by atoms with E-state index in [1.165, 1.54) is 5.39 Å². The van der Waals surface area contributed by atoms with E-state index in [0.717, 1.165) is 30.4 Å². The van der Waals surface area contributed by atoms with E-state index in [-0.39, 0.29) is 5.78 Å². The summed E-state index contributed by atoms with van der Waals surface area (Å²) in [6.45, 7) is 0.727. The molecule has 0 fully saturated rings. The van der Waals surface area contributed by atoms with Crippen molar-refractivity contribution in [2.24, 2.45) is 0 Å². The number of unbranched alkanes of at least 4 members (excludes halogenated alkanes) is 1. The molecule has 0 atom stereocenters. The van der Waals surface area contributed by atoms with E-state index in [2.05, 4.69) is 6.07 Å². The number of benzene rings is 2. The van der Waals surface area contributed by atoms with E-state index in [1.54, 1.807) is 7.11 Å². The predicted octanol–water partition coefficient (Wildman–Crippen LogP) is 3.84. The monoisotopic (exact) mass is 242 g/mol. The molecule has 0 aliphatic heterocycles. The summed E-state index contributed by atoms with van der Waals surface area (Å²) in [5, 5.41) is 2.30. The Morgan fingerprint density at radius 2 is 1.83 bits per heavy atom.